The number of hydrogen-bond donors (Lipinski definition) is 3. The predicted molar refractivity (Wildman–Crippen MR) is 73.1 cm³/mol. The van der Waals surface area contributed by atoms with Crippen LogP contribution in [0.15, 0.2) is 6.07 Å². The average Bonchev–Trinajstić information content (AvgIpc) is 2.15. The van der Waals surface area contributed by atoms with Crippen molar-refractivity contribution in [2.45, 2.75) is 40.7 Å². The van der Waals surface area contributed by atoms with E-state index in [1.807, 2.05) is 13.0 Å². The van der Waals surface area contributed by atoms with Crippen molar-refractivity contribution < 1.29 is 0 Å². The van der Waals surface area contributed by atoms with Crippen LogP contribution in [-0.4, -0.2) is 22.6 Å². The Hall–Kier alpha value is -1.52. The second-order valence-electron chi connectivity index (χ2n) is 5.26. The van der Waals surface area contributed by atoms with Crippen LogP contribution >= 0.6 is 0 Å². The highest BCUT2D eigenvalue weighted by molar-refractivity contribution is 5.51. The Labute approximate surface area is 103 Å². The first-order valence-corrected chi connectivity index (χ1v) is 5.98. The summed E-state index contributed by atoms with van der Waals surface area (Å²) in [6, 6.07) is 2.17. The molecule has 0 aliphatic rings. The fourth-order valence-corrected chi connectivity index (χ4v) is 1.25. The third kappa shape index (κ3) is 4.09. The average molecular weight is 237 g/mol. The van der Waals surface area contributed by atoms with Crippen LogP contribution < -0.4 is 16.4 Å². The Kier molecular flexibility index (Phi) is 4.15. The second kappa shape index (κ2) is 5.21. The minimum Gasteiger partial charge on any atom is -0.370 e. The first-order valence-electron chi connectivity index (χ1n) is 5.98. The van der Waals surface area contributed by atoms with Gasteiger partial charge in [0.2, 0.25) is 5.95 Å². The molecule has 17 heavy (non-hydrogen) atoms. The van der Waals surface area contributed by atoms with Gasteiger partial charge in [0, 0.05) is 18.7 Å². The van der Waals surface area contributed by atoms with Crippen LogP contribution in [0, 0.1) is 5.41 Å². The summed E-state index contributed by atoms with van der Waals surface area (Å²) in [5, 5.41) is 6.48. The third-order valence-electron chi connectivity index (χ3n) is 2.76. The lowest BCUT2D eigenvalue weighted by atomic mass is 9.88. The van der Waals surface area contributed by atoms with E-state index in [1.165, 1.54) is 0 Å². The van der Waals surface area contributed by atoms with E-state index >= 15 is 0 Å². The molecule has 0 saturated heterocycles. The van der Waals surface area contributed by atoms with Crippen LogP contribution in [0.25, 0.3) is 0 Å². The van der Waals surface area contributed by atoms with Gasteiger partial charge in [-0.15, -0.1) is 0 Å². The molecule has 5 nitrogen and oxygen atoms in total. The van der Waals surface area contributed by atoms with Gasteiger partial charge in [0.1, 0.15) is 11.6 Å². The molecule has 0 saturated carbocycles. The molecule has 1 rings (SSSR count). The van der Waals surface area contributed by atoms with Gasteiger partial charge in [-0.3, -0.25) is 0 Å². The third-order valence-corrected chi connectivity index (χ3v) is 2.76. The fraction of sp³-hybridized carbons (Fsp3) is 0.667. The smallest absolute Gasteiger partial charge is 0.223 e. The molecule has 5 heteroatoms. The zero-order valence-electron chi connectivity index (χ0n) is 11.3. The summed E-state index contributed by atoms with van der Waals surface area (Å²) < 4.78 is 0. The summed E-state index contributed by atoms with van der Waals surface area (Å²) in [4.78, 5) is 8.29. The van der Waals surface area contributed by atoms with Crippen LogP contribution in [0.3, 0.4) is 0 Å². The summed E-state index contributed by atoms with van der Waals surface area (Å²) in [5.74, 6) is 1.80. The lowest BCUT2D eigenvalue weighted by Crippen LogP contribution is -2.31. The lowest BCUT2D eigenvalue weighted by molar-refractivity contribution is 0.359. The van der Waals surface area contributed by atoms with Gasteiger partial charge < -0.3 is 16.4 Å². The molecule has 0 fully saturated rings. The molecular formula is C12H23N5. The van der Waals surface area contributed by atoms with E-state index in [0.29, 0.717) is 6.04 Å². The number of aromatic nitrogens is 2. The first kappa shape index (κ1) is 13.5. The summed E-state index contributed by atoms with van der Waals surface area (Å²) in [7, 11) is 0. The molecule has 1 unspecified atom stereocenters. The Bertz CT molecular complexity index is 370. The summed E-state index contributed by atoms with van der Waals surface area (Å²) in [5.41, 5.74) is 5.84. The van der Waals surface area contributed by atoms with Gasteiger partial charge in [-0.05, 0) is 19.3 Å². The standard InChI is InChI=1S/C12H23N5/c1-6-14-9-7-10(17-11(13)16-9)15-8(2)12(3,4)5/h7-8H,6H2,1-5H3,(H4,13,14,15,16,17). The molecule has 96 valence electrons. The van der Waals surface area contributed by atoms with Crippen LogP contribution in [0.5, 0.6) is 0 Å². The summed E-state index contributed by atoms with van der Waals surface area (Å²) in [6.07, 6.45) is 0. The van der Waals surface area contributed by atoms with Crippen LogP contribution in [0.2, 0.25) is 0 Å². The predicted octanol–water partition coefficient (Wildman–Crippen LogP) is 2.34. The van der Waals surface area contributed by atoms with Gasteiger partial charge in [-0.2, -0.15) is 9.97 Å². The van der Waals surface area contributed by atoms with E-state index in [-0.39, 0.29) is 11.4 Å². The number of nitrogen functional groups attached to an aromatic ring is 1. The van der Waals surface area contributed by atoms with E-state index in [4.69, 9.17) is 5.73 Å². The van der Waals surface area contributed by atoms with Crippen molar-refractivity contribution in [2.24, 2.45) is 5.41 Å². The molecule has 4 N–H and O–H groups in total. The van der Waals surface area contributed by atoms with E-state index in [0.717, 1.165) is 18.2 Å². The van der Waals surface area contributed by atoms with Gasteiger partial charge in [0.05, 0.1) is 0 Å². The maximum Gasteiger partial charge on any atom is 0.223 e. The number of nitrogens with one attached hydrogen (secondary N) is 2. The molecule has 1 atom stereocenters. The maximum atomic E-state index is 5.67. The molecule has 1 aromatic rings. The topological polar surface area (TPSA) is 75.9 Å². The van der Waals surface area contributed by atoms with Crippen molar-refractivity contribution in [1.29, 1.82) is 0 Å². The number of anilines is 3. The molecule has 0 aliphatic carbocycles. The zero-order valence-corrected chi connectivity index (χ0v) is 11.3. The highest BCUT2D eigenvalue weighted by atomic mass is 15.1. The maximum absolute atomic E-state index is 5.67. The summed E-state index contributed by atoms with van der Waals surface area (Å²) >= 11 is 0. The molecule has 0 amide bonds. The van der Waals surface area contributed by atoms with Crippen molar-refractivity contribution in [2.75, 3.05) is 22.9 Å². The Morgan fingerprint density at radius 3 is 2.41 bits per heavy atom. The minimum absolute atomic E-state index is 0.165. The molecule has 1 heterocycles. The van der Waals surface area contributed by atoms with Crippen molar-refractivity contribution >= 4 is 17.6 Å². The van der Waals surface area contributed by atoms with E-state index < -0.39 is 0 Å². The Morgan fingerprint density at radius 2 is 1.88 bits per heavy atom. The largest absolute Gasteiger partial charge is 0.370 e. The molecule has 0 spiro atoms. The van der Waals surface area contributed by atoms with Crippen LogP contribution in [0.1, 0.15) is 34.6 Å². The van der Waals surface area contributed by atoms with E-state index in [9.17, 15) is 0 Å². The lowest BCUT2D eigenvalue weighted by Gasteiger charge is -2.28. The summed E-state index contributed by atoms with van der Waals surface area (Å²) in [6.45, 7) is 11.5. The molecule has 0 aromatic carbocycles. The van der Waals surface area contributed by atoms with E-state index in [1.54, 1.807) is 0 Å². The van der Waals surface area contributed by atoms with Gasteiger partial charge in [0.25, 0.3) is 0 Å². The fourth-order valence-electron chi connectivity index (χ4n) is 1.25. The van der Waals surface area contributed by atoms with E-state index in [2.05, 4.69) is 48.3 Å². The van der Waals surface area contributed by atoms with Crippen molar-refractivity contribution in [3.05, 3.63) is 6.07 Å². The molecule has 0 bridgehead atoms. The monoisotopic (exact) mass is 237 g/mol. The van der Waals surface area contributed by atoms with Crippen molar-refractivity contribution in [1.82, 2.24) is 9.97 Å². The van der Waals surface area contributed by atoms with Gasteiger partial charge in [0.15, 0.2) is 0 Å². The highest BCUT2D eigenvalue weighted by Gasteiger charge is 2.20. The molecule has 0 radical (unpaired) electrons. The highest BCUT2D eigenvalue weighted by Crippen LogP contribution is 2.23. The number of rotatable bonds is 4. The zero-order chi connectivity index (χ0) is 13.1. The number of nitrogens with zero attached hydrogens (tertiary/aromatic N) is 2. The van der Waals surface area contributed by atoms with Gasteiger partial charge in [-0.25, -0.2) is 0 Å². The van der Waals surface area contributed by atoms with Crippen molar-refractivity contribution in [3.8, 4) is 0 Å². The minimum atomic E-state index is 0.165. The Morgan fingerprint density at radius 1 is 1.29 bits per heavy atom. The van der Waals surface area contributed by atoms with Crippen molar-refractivity contribution in [3.63, 3.8) is 0 Å². The Balaban J connectivity index is 2.84. The second-order valence-corrected chi connectivity index (χ2v) is 5.26. The normalized spacial score (nSPS) is 13.2. The van der Waals surface area contributed by atoms with Gasteiger partial charge in [-0.1, -0.05) is 20.8 Å². The molecular weight excluding hydrogens is 214 g/mol. The number of nitrogens with two attached hydrogens (primary N) is 1. The van der Waals surface area contributed by atoms with Gasteiger partial charge >= 0.3 is 0 Å². The molecule has 0 aliphatic heterocycles. The van der Waals surface area contributed by atoms with Crippen LogP contribution in [-0.2, 0) is 0 Å². The first-order chi connectivity index (χ1) is 7.82. The van der Waals surface area contributed by atoms with Crippen LogP contribution in [0.4, 0.5) is 17.6 Å². The number of hydrogen-bond acceptors (Lipinski definition) is 5. The quantitative estimate of drug-likeness (QED) is 0.749. The molecule has 1 aromatic heterocycles. The SMILES string of the molecule is CCNc1cc(NC(C)C(C)(C)C)nc(N)n1.